The van der Waals surface area contributed by atoms with Gasteiger partial charge in [-0.1, -0.05) is 49.4 Å². The molecular formula is C21H25N5O2S. The topological polar surface area (TPSA) is 79.6 Å². The Morgan fingerprint density at radius 3 is 2.76 bits per heavy atom. The van der Waals surface area contributed by atoms with Crippen molar-refractivity contribution >= 4 is 27.3 Å². The predicted octanol–water partition coefficient (Wildman–Crippen LogP) is 2.88. The molecule has 3 aromatic rings. The summed E-state index contributed by atoms with van der Waals surface area (Å²) in [6.45, 7) is 6.55. The highest BCUT2D eigenvalue weighted by Gasteiger charge is 2.22. The zero-order valence-electron chi connectivity index (χ0n) is 16.7. The molecule has 0 radical (unpaired) electrons. The third-order valence-electron chi connectivity index (χ3n) is 5.33. The number of aromatic nitrogens is 3. The van der Waals surface area contributed by atoms with E-state index in [1.165, 1.54) is 34.0 Å². The van der Waals surface area contributed by atoms with Gasteiger partial charge in [0.25, 0.3) is 11.5 Å². The van der Waals surface area contributed by atoms with Gasteiger partial charge in [0.15, 0.2) is 0 Å². The van der Waals surface area contributed by atoms with Crippen molar-refractivity contribution in [2.45, 2.75) is 39.7 Å². The van der Waals surface area contributed by atoms with Crippen LogP contribution in [-0.2, 0) is 13.0 Å². The van der Waals surface area contributed by atoms with Gasteiger partial charge >= 0.3 is 0 Å². The molecule has 1 saturated heterocycles. The fourth-order valence-corrected chi connectivity index (χ4v) is 4.49. The van der Waals surface area contributed by atoms with Crippen molar-refractivity contribution in [1.29, 1.82) is 0 Å². The summed E-state index contributed by atoms with van der Waals surface area (Å²) in [6, 6.07) is 8.06. The Kier molecular flexibility index (Phi) is 5.62. The molecule has 0 aliphatic carbocycles. The number of rotatable bonds is 5. The molecule has 0 spiro atoms. The number of nitrogens with one attached hydrogen (secondary N) is 1. The lowest BCUT2D eigenvalue weighted by atomic mass is 10.0. The zero-order valence-corrected chi connectivity index (χ0v) is 17.5. The van der Waals surface area contributed by atoms with Crippen LogP contribution < -0.4 is 15.8 Å². The summed E-state index contributed by atoms with van der Waals surface area (Å²) in [5, 5.41) is 8.05. The van der Waals surface area contributed by atoms with Crippen molar-refractivity contribution in [3.05, 3.63) is 57.5 Å². The molecule has 152 valence electrons. The maximum Gasteiger partial charge on any atom is 0.288 e. The van der Waals surface area contributed by atoms with Crippen molar-refractivity contribution in [3.8, 4) is 0 Å². The van der Waals surface area contributed by atoms with Gasteiger partial charge in [0, 0.05) is 25.8 Å². The average molecular weight is 412 g/mol. The highest BCUT2D eigenvalue weighted by atomic mass is 32.1. The molecule has 1 aromatic carbocycles. The van der Waals surface area contributed by atoms with Gasteiger partial charge in [-0.2, -0.15) is 4.52 Å². The van der Waals surface area contributed by atoms with Crippen LogP contribution in [0.25, 0.3) is 4.96 Å². The molecule has 1 fully saturated rings. The van der Waals surface area contributed by atoms with Gasteiger partial charge in [-0.3, -0.25) is 9.59 Å². The number of amides is 1. The lowest BCUT2D eigenvalue weighted by molar-refractivity contribution is 0.0948. The van der Waals surface area contributed by atoms with Gasteiger partial charge in [0.1, 0.15) is 5.56 Å². The number of piperidine rings is 1. The molecule has 8 heteroatoms. The minimum atomic E-state index is -0.433. The molecule has 1 amide bonds. The molecular weight excluding hydrogens is 386 g/mol. The van der Waals surface area contributed by atoms with E-state index in [0.29, 0.717) is 17.4 Å². The monoisotopic (exact) mass is 411 g/mol. The van der Waals surface area contributed by atoms with E-state index >= 15 is 0 Å². The summed E-state index contributed by atoms with van der Waals surface area (Å²) in [5.74, 6) is 0.172. The van der Waals surface area contributed by atoms with Crippen LogP contribution in [0.3, 0.4) is 0 Å². The largest absolute Gasteiger partial charge is 0.348 e. The SMILES string of the molecule is CCc1ccc(CNC(=O)c2cnc3sc(N4CCC[C@H](C)C4)nn3c2=O)cc1. The number of hydrogen-bond donors (Lipinski definition) is 1. The standard InChI is InChI=1S/C21H25N5O2S/c1-3-15-6-8-16(9-7-15)11-22-18(27)17-12-23-20-26(19(17)28)24-21(29-20)25-10-4-5-14(2)13-25/h6-9,12,14H,3-5,10-11,13H2,1-2H3,(H,22,27)/t14-/m0/s1. The first-order chi connectivity index (χ1) is 14.0. The molecule has 0 unspecified atom stereocenters. The van der Waals surface area contributed by atoms with Crippen LogP contribution in [0.15, 0.2) is 35.3 Å². The second-order valence-corrected chi connectivity index (χ2v) is 8.54. The highest BCUT2D eigenvalue weighted by molar-refractivity contribution is 7.20. The molecule has 7 nitrogen and oxygen atoms in total. The van der Waals surface area contributed by atoms with Crippen LogP contribution in [0.5, 0.6) is 0 Å². The Morgan fingerprint density at radius 1 is 1.28 bits per heavy atom. The van der Waals surface area contributed by atoms with Crippen molar-refractivity contribution in [2.24, 2.45) is 5.92 Å². The number of nitrogens with zero attached hydrogens (tertiary/aromatic N) is 4. The minimum absolute atomic E-state index is 0.0107. The second-order valence-electron chi connectivity index (χ2n) is 7.60. The van der Waals surface area contributed by atoms with Gasteiger partial charge in [0.05, 0.1) is 0 Å². The summed E-state index contributed by atoms with van der Waals surface area (Å²) in [4.78, 5) is 32.4. The summed E-state index contributed by atoms with van der Waals surface area (Å²) in [6.07, 6.45) is 4.66. The number of carbonyl (C=O) groups excluding carboxylic acids is 1. The summed E-state index contributed by atoms with van der Waals surface area (Å²) < 4.78 is 1.25. The number of fused-ring (bicyclic) bond motifs is 1. The fraction of sp³-hybridized carbons (Fsp3) is 0.429. The molecule has 0 bridgehead atoms. The van der Waals surface area contributed by atoms with Crippen LogP contribution in [0.1, 0.15) is 48.2 Å². The first-order valence-electron chi connectivity index (χ1n) is 10.0. The van der Waals surface area contributed by atoms with Crippen molar-refractivity contribution in [3.63, 3.8) is 0 Å². The van der Waals surface area contributed by atoms with Crippen LogP contribution in [0.4, 0.5) is 5.13 Å². The van der Waals surface area contributed by atoms with E-state index in [0.717, 1.165) is 36.6 Å². The smallest absolute Gasteiger partial charge is 0.288 e. The van der Waals surface area contributed by atoms with Gasteiger partial charge in [0.2, 0.25) is 10.1 Å². The van der Waals surface area contributed by atoms with Crippen molar-refractivity contribution in [2.75, 3.05) is 18.0 Å². The van der Waals surface area contributed by atoms with Crippen molar-refractivity contribution < 1.29 is 4.79 Å². The van der Waals surface area contributed by atoms with E-state index < -0.39 is 11.5 Å². The van der Waals surface area contributed by atoms with E-state index in [9.17, 15) is 9.59 Å². The Labute approximate surface area is 173 Å². The minimum Gasteiger partial charge on any atom is -0.348 e. The first-order valence-corrected chi connectivity index (χ1v) is 10.9. The van der Waals surface area contributed by atoms with Crippen LogP contribution in [0, 0.1) is 5.92 Å². The van der Waals surface area contributed by atoms with Gasteiger partial charge in [-0.15, -0.1) is 5.10 Å². The molecule has 2 aromatic heterocycles. The van der Waals surface area contributed by atoms with E-state index in [4.69, 9.17) is 0 Å². The predicted molar refractivity (Wildman–Crippen MR) is 115 cm³/mol. The number of anilines is 1. The second kappa shape index (κ2) is 8.32. The van der Waals surface area contributed by atoms with Crippen molar-refractivity contribution in [1.82, 2.24) is 19.9 Å². The number of benzene rings is 1. The van der Waals surface area contributed by atoms with Crippen LogP contribution >= 0.6 is 11.3 Å². The zero-order chi connectivity index (χ0) is 20.4. The molecule has 1 N–H and O–H groups in total. The van der Waals surface area contributed by atoms with E-state index in [1.807, 2.05) is 24.3 Å². The van der Waals surface area contributed by atoms with Gasteiger partial charge in [-0.05, 0) is 36.3 Å². The molecule has 1 aliphatic heterocycles. The summed E-state index contributed by atoms with van der Waals surface area (Å²) in [5.41, 5.74) is 1.81. The van der Waals surface area contributed by atoms with Gasteiger partial charge < -0.3 is 10.2 Å². The summed E-state index contributed by atoms with van der Waals surface area (Å²) in [7, 11) is 0. The Bertz CT molecular complexity index is 1070. The normalized spacial score (nSPS) is 16.9. The quantitative estimate of drug-likeness (QED) is 0.698. The Morgan fingerprint density at radius 2 is 2.03 bits per heavy atom. The molecule has 3 heterocycles. The Balaban J connectivity index is 1.51. The fourth-order valence-electron chi connectivity index (χ4n) is 3.59. The molecule has 0 saturated carbocycles. The molecule has 1 atom stereocenters. The molecule has 1 aliphatic rings. The highest BCUT2D eigenvalue weighted by Crippen LogP contribution is 2.26. The first kappa shape index (κ1) is 19.6. The maximum atomic E-state index is 12.8. The average Bonchev–Trinajstić information content (AvgIpc) is 3.18. The lowest BCUT2D eigenvalue weighted by Crippen LogP contribution is -2.34. The molecule has 29 heavy (non-hydrogen) atoms. The third-order valence-corrected chi connectivity index (χ3v) is 6.32. The Hall–Kier alpha value is -2.74. The van der Waals surface area contributed by atoms with Crippen LogP contribution in [-0.4, -0.2) is 33.6 Å². The lowest BCUT2D eigenvalue weighted by Gasteiger charge is -2.30. The summed E-state index contributed by atoms with van der Waals surface area (Å²) >= 11 is 1.39. The number of aryl methyl sites for hydroxylation is 1. The molecule has 4 rings (SSSR count). The number of hydrogen-bond acceptors (Lipinski definition) is 6. The van der Waals surface area contributed by atoms with E-state index in [1.54, 1.807) is 0 Å². The maximum absolute atomic E-state index is 12.8. The van der Waals surface area contributed by atoms with E-state index in [2.05, 4.69) is 34.1 Å². The number of carbonyl (C=O) groups is 1. The van der Waals surface area contributed by atoms with Crippen LogP contribution in [0.2, 0.25) is 0 Å². The van der Waals surface area contributed by atoms with Gasteiger partial charge in [-0.25, -0.2) is 4.98 Å². The third kappa shape index (κ3) is 4.17. The van der Waals surface area contributed by atoms with E-state index in [-0.39, 0.29) is 5.56 Å².